The Bertz CT molecular complexity index is 497. The number of aromatic nitrogens is 1. The zero-order valence-corrected chi connectivity index (χ0v) is 8.48. The topological polar surface area (TPSA) is 32.9 Å². The highest BCUT2D eigenvalue weighted by molar-refractivity contribution is 6.06. The van der Waals surface area contributed by atoms with Crippen molar-refractivity contribution in [3.63, 3.8) is 0 Å². The van der Waals surface area contributed by atoms with Gasteiger partial charge in [0.25, 0.3) is 0 Å². The molecule has 1 aromatic heterocycles. The van der Waals surface area contributed by atoms with E-state index in [0.717, 1.165) is 5.69 Å². The molecule has 1 aromatic carbocycles. The number of carbonyl (C=O) groups is 1. The Hall–Kier alpha value is -2.16. The maximum Gasteiger partial charge on any atom is 0.185 e. The van der Waals surface area contributed by atoms with Gasteiger partial charge in [-0.05, 0) is 48.6 Å². The van der Waals surface area contributed by atoms with E-state index in [1.54, 1.807) is 12.3 Å². The van der Waals surface area contributed by atoms with Gasteiger partial charge in [0, 0.05) is 17.5 Å². The number of allylic oxidation sites excluding steroid dienone is 1. The van der Waals surface area contributed by atoms with Crippen LogP contribution in [0.25, 0.3) is 6.08 Å². The number of ketones is 1. The van der Waals surface area contributed by atoms with E-state index in [0.29, 0.717) is 5.56 Å². The van der Waals surface area contributed by atoms with Crippen molar-refractivity contribution < 1.29 is 9.18 Å². The Labute approximate surface area is 92.4 Å². The summed E-state index contributed by atoms with van der Waals surface area (Å²) in [5, 5.41) is 0. The number of rotatable bonds is 3. The second-order valence-electron chi connectivity index (χ2n) is 3.33. The van der Waals surface area contributed by atoms with Crippen LogP contribution in [0.5, 0.6) is 0 Å². The molecular formula is C13H10FNO. The van der Waals surface area contributed by atoms with Crippen LogP contribution in [-0.2, 0) is 0 Å². The van der Waals surface area contributed by atoms with Gasteiger partial charge in [0.2, 0.25) is 0 Å². The Kier molecular flexibility index (Phi) is 2.96. The molecule has 0 bridgehead atoms. The number of hydrogen-bond acceptors (Lipinski definition) is 1. The van der Waals surface area contributed by atoms with Crippen LogP contribution in [-0.4, -0.2) is 10.8 Å². The minimum atomic E-state index is -0.343. The summed E-state index contributed by atoms with van der Waals surface area (Å²) in [4.78, 5) is 14.6. The fraction of sp³-hybridized carbons (Fsp3) is 0. The van der Waals surface area contributed by atoms with Crippen molar-refractivity contribution in [2.75, 3.05) is 0 Å². The van der Waals surface area contributed by atoms with Gasteiger partial charge in [0.1, 0.15) is 5.82 Å². The highest BCUT2D eigenvalue weighted by Gasteiger charge is 2.01. The van der Waals surface area contributed by atoms with Crippen molar-refractivity contribution in [2.45, 2.75) is 0 Å². The molecule has 0 fully saturated rings. The largest absolute Gasteiger partial charge is 0.362 e. The standard InChI is InChI=1S/C13H10FNO/c14-11-5-3-10(4-6-11)13(16)8-7-12-2-1-9-15-12/h1-9,15H. The van der Waals surface area contributed by atoms with Gasteiger partial charge in [-0.15, -0.1) is 0 Å². The van der Waals surface area contributed by atoms with Crippen molar-refractivity contribution in [3.8, 4) is 0 Å². The van der Waals surface area contributed by atoms with Crippen molar-refractivity contribution in [1.29, 1.82) is 0 Å². The van der Waals surface area contributed by atoms with Gasteiger partial charge in [-0.2, -0.15) is 0 Å². The Morgan fingerprint density at radius 1 is 1.19 bits per heavy atom. The Balaban J connectivity index is 2.11. The van der Waals surface area contributed by atoms with Gasteiger partial charge in [-0.3, -0.25) is 4.79 Å². The number of aromatic amines is 1. The second-order valence-corrected chi connectivity index (χ2v) is 3.33. The van der Waals surface area contributed by atoms with Crippen molar-refractivity contribution in [3.05, 3.63) is 65.7 Å². The summed E-state index contributed by atoms with van der Waals surface area (Å²) >= 11 is 0. The maximum atomic E-state index is 12.6. The molecule has 0 spiro atoms. The molecule has 2 rings (SSSR count). The summed E-state index contributed by atoms with van der Waals surface area (Å²) in [7, 11) is 0. The fourth-order valence-electron chi connectivity index (χ4n) is 1.32. The van der Waals surface area contributed by atoms with E-state index < -0.39 is 0 Å². The first-order valence-electron chi connectivity index (χ1n) is 4.87. The lowest BCUT2D eigenvalue weighted by atomic mass is 10.1. The molecule has 0 saturated heterocycles. The van der Waals surface area contributed by atoms with E-state index >= 15 is 0 Å². The average molecular weight is 215 g/mol. The molecule has 0 unspecified atom stereocenters. The number of H-pyrrole nitrogens is 1. The van der Waals surface area contributed by atoms with Gasteiger partial charge < -0.3 is 4.98 Å². The van der Waals surface area contributed by atoms with E-state index in [-0.39, 0.29) is 11.6 Å². The normalized spacial score (nSPS) is 10.8. The van der Waals surface area contributed by atoms with E-state index in [4.69, 9.17) is 0 Å². The summed E-state index contributed by atoms with van der Waals surface area (Å²) in [5.41, 5.74) is 1.33. The fourth-order valence-corrected chi connectivity index (χ4v) is 1.32. The van der Waals surface area contributed by atoms with Crippen LogP contribution in [0.3, 0.4) is 0 Å². The highest BCUT2D eigenvalue weighted by Crippen LogP contribution is 2.06. The molecule has 3 heteroatoms. The number of nitrogens with one attached hydrogen (secondary N) is 1. The molecule has 1 heterocycles. The number of benzene rings is 1. The summed E-state index contributed by atoms with van der Waals surface area (Å²) in [6, 6.07) is 9.19. The van der Waals surface area contributed by atoms with Gasteiger partial charge in [0.05, 0.1) is 0 Å². The van der Waals surface area contributed by atoms with Crippen LogP contribution >= 0.6 is 0 Å². The minimum absolute atomic E-state index is 0.144. The Morgan fingerprint density at radius 2 is 1.94 bits per heavy atom. The molecule has 0 saturated carbocycles. The van der Waals surface area contributed by atoms with Gasteiger partial charge in [-0.25, -0.2) is 4.39 Å². The lowest BCUT2D eigenvalue weighted by Crippen LogP contribution is -1.93. The predicted molar refractivity (Wildman–Crippen MR) is 60.6 cm³/mol. The molecule has 16 heavy (non-hydrogen) atoms. The first-order valence-corrected chi connectivity index (χ1v) is 4.87. The quantitative estimate of drug-likeness (QED) is 0.619. The molecule has 0 amide bonds. The summed E-state index contributed by atoms with van der Waals surface area (Å²) in [6.07, 6.45) is 4.92. The first-order chi connectivity index (χ1) is 7.75. The Morgan fingerprint density at radius 3 is 2.56 bits per heavy atom. The lowest BCUT2D eigenvalue weighted by molar-refractivity contribution is 0.104. The van der Waals surface area contributed by atoms with E-state index in [1.165, 1.54) is 30.3 Å². The van der Waals surface area contributed by atoms with Crippen LogP contribution in [0.2, 0.25) is 0 Å². The van der Waals surface area contributed by atoms with Crippen molar-refractivity contribution in [2.24, 2.45) is 0 Å². The molecule has 0 atom stereocenters. The number of halogens is 1. The van der Waals surface area contributed by atoms with Crippen LogP contribution in [0.1, 0.15) is 16.1 Å². The molecule has 80 valence electrons. The van der Waals surface area contributed by atoms with Crippen molar-refractivity contribution in [1.82, 2.24) is 4.98 Å². The molecular weight excluding hydrogens is 205 g/mol. The SMILES string of the molecule is O=C(C=Cc1ccc[nH]1)c1ccc(F)cc1. The third-order valence-corrected chi connectivity index (χ3v) is 2.17. The molecule has 1 N–H and O–H groups in total. The van der Waals surface area contributed by atoms with Gasteiger partial charge in [0.15, 0.2) is 5.78 Å². The minimum Gasteiger partial charge on any atom is -0.362 e. The average Bonchev–Trinajstić information content (AvgIpc) is 2.80. The molecule has 0 aliphatic carbocycles. The molecule has 0 aliphatic rings. The smallest absolute Gasteiger partial charge is 0.185 e. The van der Waals surface area contributed by atoms with Crippen LogP contribution in [0.15, 0.2) is 48.7 Å². The molecule has 2 aromatic rings. The zero-order valence-electron chi connectivity index (χ0n) is 8.48. The number of hydrogen-bond donors (Lipinski definition) is 1. The summed E-state index contributed by atoms with van der Waals surface area (Å²) in [6.45, 7) is 0. The third kappa shape index (κ3) is 2.45. The summed E-state index contributed by atoms with van der Waals surface area (Å²) in [5.74, 6) is -0.487. The van der Waals surface area contributed by atoms with Gasteiger partial charge in [-0.1, -0.05) is 0 Å². The third-order valence-electron chi connectivity index (χ3n) is 2.17. The zero-order chi connectivity index (χ0) is 11.4. The first kappa shape index (κ1) is 10.4. The molecule has 2 nitrogen and oxygen atoms in total. The van der Waals surface area contributed by atoms with Crippen molar-refractivity contribution >= 4 is 11.9 Å². The lowest BCUT2D eigenvalue weighted by Gasteiger charge is -1.94. The summed E-state index contributed by atoms with van der Waals surface area (Å²) < 4.78 is 12.6. The monoisotopic (exact) mass is 215 g/mol. The maximum absolute atomic E-state index is 12.6. The van der Waals surface area contributed by atoms with Crippen LogP contribution in [0, 0.1) is 5.82 Å². The number of carbonyl (C=O) groups excluding carboxylic acids is 1. The van der Waals surface area contributed by atoms with E-state index in [2.05, 4.69) is 4.98 Å². The van der Waals surface area contributed by atoms with E-state index in [1.807, 2.05) is 12.1 Å². The second kappa shape index (κ2) is 4.57. The van der Waals surface area contributed by atoms with Crippen LogP contribution in [0.4, 0.5) is 4.39 Å². The highest BCUT2D eigenvalue weighted by atomic mass is 19.1. The molecule has 0 radical (unpaired) electrons. The predicted octanol–water partition coefficient (Wildman–Crippen LogP) is 3.05. The van der Waals surface area contributed by atoms with Gasteiger partial charge >= 0.3 is 0 Å². The van der Waals surface area contributed by atoms with E-state index in [9.17, 15) is 9.18 Å². The molecule has 0 aliphatic heterocycles. The van der Waals surface area contributed by atoms with Crippen LogP contribution < -0.4 is 0 Å².